The number of nitrogens with one attached hydrogen (secondary N) is 1. The molecule has 3 rings (SSSR count). The van der Waals surface area contributed by atoms with E-state index in [0.717, 1.165) is 31.0 Å². The highest BCUT2D eigenvalue weighted by atomic mass is 15.1. The smallest absolute Gasteiger partial charge is 0.104 e. The van der Waals surface area contributed by atoms with Crippen molar-refractivity contribution < 1.29 is 0 Å². The summed E-state index contributed by atoms with van der Waals surface area (Å²) in [5.74, 6) is 1.37. The maximum Gasteiger partial charge on any atom is 0.104 e. The van der Waals surface area contributed by atoms with Crippen LogP contribution in [0.1, 0.15) is 17.2 Å². The van der Waals surface area contributed by atoms with E-state index in [1.54, 1.807) is 0 Å². The molecule has 0 radical (unpaired) electrons. The highest BCUT2D eigenvalue weighted by Gasteiger charge is 2.21. The lowest BCUT2D eigenvalue weighted by Gasteiger charge is -2.17. The normalized spacial score (nSPS) is 15.7. The summed E-state index contributed by atoms with van der Waals surface area (Å²) in [6, 6.07) is 16.6. The first-order valence-electron chi connectivity index (χ1n) is 6.66. The lowest BCUT2D eigenvalue weighted by molar-refractivity contribution is 0.817. The Morgan fingerprint density at radius 2 is 1.89 bits per heavy atom. The van der Waals surface area contributed by atoms with Crippen molar-refractivity contribution in [1.82, 2.24) is 10.3 Å². The topological polar surface area (TPSA) is 37.3 Å². The molecule has 1 aromatic heterocycles. The lowest BCUT2D eigenvalue weighted by atomic mass is 9.93. The molecule has 0 bridgehead atoms. The number of amidine groups is 1. The van der Waals surface area contributed by atoms with Gasteiger partial charge in [0.15, 0.2) is 0 Å². The average molecular weight is 251 g/mol. The van der Waals surface area contributed by atoms with Crippen molar-refractivity contribution in [2.24, 2.45) is 4.99 Å². The van der Waals surface area contributed by atoms with Crippen LogP contribution in [0.4, 0.5) is 0 Å². The summed E-state index contributed by atoms with van der Waals surface area (Å²) in [5.41, 5.74) is 2.40. The van der Waals surface area contributed by atoms with Gasteiger partial charge in [0.25, 0.3) is 0 Å². The standard InChI is InChI=1S/C16H17N3/c1-2-6-13(7-3-1)15(16-18-10-11-19-16)12-14-8-4-5-9-17-14/h1-9,15H,10-12H2,(H,18,19). The molecule has 0 saturated heterocycles. The second-order valence-corrected chi connectivity index (χ2v) is 4.68. The van der Waals surface area contributed by atoms with E-state index < -0.39 is 0 Å². The molecule has 3 heteroatoms. The van der Waals surface area contributed by atoms with Crippen LogP contribution in [0, 0.1) is 0 Å². The molecule has 3 nitrogen and oxygen atoms in total. The maximum atomic E-state index is 4.59. The molecule has 96 valence electrons. The van der Waals surface area contributed by atoms with Crippen LogP contribution in [0.25, 0.3) is 0 Å². The number of benzene rings is 1. The van der Waals surface area contributed by atoms with Crippen molar-refractivity contribution in [3.63, 3.8) is 0 Å². The van der Waals surface area contributed by atoms with E-state index in [1.807, 2.05) is 24.4 Å². The van der Waals surface area contributed by atoms with Crippen molar-refractivity contribution in [3.8, 4) is 0 Å². The molecule has 2 aromatic rings. The van der Waals surface area contributed by atoms with Crippen LogP contribution in [-0.4, -0.2) is 23.9 Å². The number of hydrogen-bond donors (Lipinski definition) is 1. The van der Waals surface area contributed by atoms with Gasteiger partial charge in [-0.05, 0) is 17.7 Å². The Bertz CT molecular complexity index is 549. The van der Waals surface area contributed by atoms with Crippen LogP contribution in [0.3, 0.4) is 0 Å². The Morgan fingerprint density at radius 3 is 2.58 bits per heavy atom. The zero-order chi connectivity index (χ0) is 12.9. The van der Waals surface area contributed by atoms with Crippen molar-refractivity contribution in [2.75, 3.05) is 13.1 Å². The largest absolute Gasteiger partial charge is 0.371 e. The molecule has 1 aromatic carbocycles. The van der Waals surface area contributed by atoms with Crippen LogP contribution in [0.2, 0.25) is 0 Å². The van der Waals surface area contributed by atoms with Crippen LogP contribution >= 0.6 is 0 Å². The highest BCUT2D eigenvalue weighted by Crippen LogP contribution is 2.22. The first kappa shape index (κ1) is 11.9. The average Bonchev–Trinajstić information content (AvgIpc) is 3.01. The van der Waals surface area contributed by atoms with Gasteiger partial charge < -0.3 is 5.32 Å². The van der Waals surface area contributed by atoms with Gasteiger partial charge in [-0.25, -0.2) is 0 Å². The highest BCUT2D eigenvalue weighted by molar-refractivity contribution is 5.90. The summed E-state index contributed by atoms with van der Waals surface area (Å²) in [5, 5.41) is 3.40. The third-order valence-corrected chi connectivity index (χ3v) is 3.37. The number of hydrogen-bond acceptors (Lipinski definition) is 3. The second kappa shape index (κ2) is 5.65. The van der Waals surface area contributed by atoms with E-state index in [1.165, 1.54) is 5.56 Å². The van der Waals surface area contributed by atoms with Crippen LogP contribution in [0.15, 0.2) is 59.7 Å². The Labute approximate surface area is 113 Å². The number of rotatable bonds is 4. The molecule has 2 heterocycles. The number of aliphatic imine (C=N–C) groups is 1. The van der Waals surface area contributed by atoms with Gasteiger partial charge in [-0.1, -0.05) is 36.4 Å². The maximum absolute atomic E-state index is 4.59. The van der Waals surface area contributed by atoms with Crippen molar-refractivity contribution in [2.45, 2.75) is 12.3 Å². The minimum Gasteiger partial charge on any atom is -0.371 e. The molecule has 0 aliphatic carbocycles. The number of nitrogens with zero attached hydrogens (tertiary/aromatic N) is 2. The molecule has 1 N–H and O–H groups in total. The van der Waals surface area contributed by atoms with Crippen LogP contribution in [0.5, 0.6) is 0 Å². The quantitative estimate of drug-likeness (QED) is 0.906. The third kappa shape index (κ3) is 2.81. The predicted octanol–water partition coefficient (Wildman–Crippen LogP) is 2.41. The Hall–Kier alpha value is -2.16. The molecule has 1 aliphatic heterocycles. The molecule has 0 saturated carbocycles. The predicted molar refractivity (Wildman–Crippen MR) is 77.4 cm³/mol. The first-order chi connectivity index (χ1) is 9.43. The SMILES string of the molecule is c1ccc(C(Cc2ccccn2)C2=NCCN2)cc1. The minimum atomic E-state index is 0.276. The fraction of sp³-hybridized carbons (Fsp3) is 0.250. The van der Waals surface area contributed by atoms with E-state index in [4.69, 9.17) is 0 Å². The van der Waals surface area contributed by atoms with Gasteiger partial charge in [0.05, 0.1) is 6.54 Å². The Morgan fingerprint density at radius 1 is 1.05 bits per heavy atom. The Balaban J connectivity index is 1.89. The van der Waals surface area contributed by atoms with Crippen molar-refractivity contribution in [3.05, 3.63) is 66.0 Å². The van der Waals surface area contributed by atoms with E-state index >= 15 is 0 Å². The van der Waals surface area contributed by atoms with Gasteiger partial charge in [-0.15, -0.1) is 0 Å². The lowest BCUT2D eigenvalue weighted by Crippen LogP contribution is -2.27. The molecule has 0 fully saturated rings. The summed E-state index contributed by atoms with van der Waals surface area (Å²) in [6.45, 7) is 1.82. The first-order valence-corrected chi connectivity index (χ1v) is 6.66. The van der Waals surface area contributed by atoms with Gasteiger partial charge in [-0.2, -0.15) is 0 Å². The zero-order valence-corrected chi connectivity index (χ0v) is 10.8. The van der Waals surface area contributed by atoms with E-state index in [0.29, 0.717) is 0 Å². The van der Waals surface area contributed by atoms with Crippen LogP contribution in [-0.2, 0) is 6.42 Å². The molecular formula is C16H17N3. The number of pyridine rings is 1. The number of aromatic nitrogens is 1. The van der Waals surface area contributed by atoms with Gasteiger partial charge in [0.1, 0.15) is 5.84 Å². The third-order valence-electron chi connectivity index (χ3n) is 3.37. The molecule has 1 atom stereocenters. The van der Waals surface area contributed by atoms with Gasteiger partial charge in [0, 0.05) is 30.8 Å². The van der Waals surface area contributed by atoms with Crippen molar-refractivity contribution >= 4 is 5.84 Å². The summed E-state index contributed by atoms with van der Waals surface area (Å²) < 4.78 is 0. The van der Waals surface area contributed by atoms with E-state index in [2.05, 4.69) is 45.6 Å². The molecule has 1 aliphatic rings. The molecule has 19 heavy (non-hydrogen) atoms. The second-order valence-electron chi connectivity index (χ2n) is 4.68. The summed E-state index contributed by atoms with van der Waals surface area (Å²) >= 11 is 0. The molecule has 0 spiro atoms. The van der Waals surface area contributed by atoms with Gasteiger partial charge in [-0.3, -0.25) is 9.98 Å². The summed E-state index contributed by atoms with van der Waals surface area (Å²) in [7, 11) is 0. The van der Waals surface area contributed by atoms with E-state index in [9.17, 15) is 0 Å². The molecule has 0 amide bonds. The monoisotopic (exact) mass is 251 g/mol. The van der Waals surface area contributed by atoms with Gasteiger partial charge in [0.2, 0.25) is 0 Å². The van der Waals surface area contributed by atoms with Crippen LogP contribution < -0.4 is 5.32 Å². The Kier molecular flexibility index (Phi) is 3.54. The minimum absolute atomic E-state index is 0.276. The molecular weight excluding hydrogens is 234 g/mol. The zero-order valence-electron chi connectivity index (χ0n) is 10.8. The molecule has 1 unspecified atom stereocenters. The fourth-order valence-electron chi connectivity index (χ4n) is 2.44. The fourth-order valence-corrected chi connectivity index (χ4v) is 2.44. The summed E-state index contributed by atoms with van der Waals surface area (Å²) in [6.07, 6.45) is 2.73. The van der Waals surface area contributed by atoms with Crippen molar-refractivity contribution in [1.29, 1.82) is 0 Å². The summed E-state index contributed by atoms with van der Waals surface area (Å²) in [4.78, 5) is 9.02. The van der Waals surface area contributed by atoms with Gasteiger partial charge >= 0.3 is 0 Å². The van der Waals surface area contributed by atoms with E-state index in [-0.39, 0.29) is 5.92 Å².